The Morgan fingerprint density at radius 2 is 2.11 bits per heavy atom. The van der Waals surface area contributed by atoms with Crippen molar-refractivity contribution in [2.24, 2.45) is 0 Å². The van der Waals surface area contributed by atoms with Gasteiger partial charge in [-0.2, -0.15) is 0 Å². The molecule has 0 spiro atoms. The highest BCUT2D eigenvalue weighted by molar-refractivity contribution is 7.10. The first-order valence-corrected chi connectivity index (χ1v) is 7.12. The third-order valence-corrected chi connectivity index (χ3v) is 4.48. The summed E-state index contributed by atoms with van der Waals surface area (Å²) in [7, 11) is 1.73. The SMILES string of the molecule is COc1ccc2c(c1)[C@H](c1ccsc1C)NCC2.Cl. The number of aryl methyl sites for hydroxylation is 1. The number of fused-ring (bicyclic) bond motifs is 1. The van der Waals surface area contributed by atoms with Crippen molar-refractivity contribution in [1.82, 2.24) is 5.32 Å². The number of methoxy groups -OCH3 is 1. The minimum atomic E-state index is 0. The largest absolute Gasteiger partial charge is 0.497 e. The number of hydrogen-bond acceptors (Lipinski definition) is 3. The number of halogens is 1. The summed E-state index contributed by atoms with van der Waals surface area (Å²) in [6.45, 7) is 3.23. The molecular formula is C15H18ClNOS. The zero-order valence-corrected chi connectivity index (χ0v) is 12.7. The molecule has 0 unspecified atom stereocenters. The molecule has 1 aliphatic heterocycles. The fraction of sp³-hybridized carbons (Fsp3) is 0.333. The van der Waals surface area contributed by atoms with Crippen molar-refractivity contribution in [2.75, 3.05) is 13.7 Å². The zero-order valence-electron chi connectivity index (χ0n) is 11.1. The summed E-state index contributed by atoms with van der Waals surface area (Å²) in [5, 5.41) is 5.79. The van der Waals surface area contributed by atoms with Crippen LogP contribution in [0.3, 0.4) is 0 Å². The van der Waals surface area contributed by atoms with Gasteiger partial charge in [-0.25, -0.2) is 0 Å². The van der Waals surface area contributed by atoms with Crippen LogP contribution in [0.1, 0.15) is 27.6 Å². The number of rotatable bonds is 2. The molecule has 0 aliphatic carbocycles. The Bertz CT molecular complexity index is 567. The van der Waals surface area contributed by atoms with Crippen molar-refractivity contribution in [2.45, 2.75) is 19.4 Å². The quantitative estimate of drug-likeness (QED) is 0.912. The minimum Gasteiger partial charge on any atom is -0.497 e. The first-order valence-electron chi connectivity index (χ1n) is 6.24. The molecule has 1 aromatic carbocycles. The first kappa shape index (κ1) is 14.4. The van der Waals surface area contributed by atoms with E-state index in [9.17, 15) is 0 Å². The maximum absolute atomic E-state index is 5.35. The summed E-state index contributed by atoms with van der Waals surface area (Å²) >= 11 is 1.81. The van der Waals surface area contributed by atoms with Crippen LogP contribution in [0.5, 0.6) is 5.75 Å². The van der Waals surface area contributed by atoms with E-state index in [-0.39, 0.29) is 12.4 Å². The second kappa shape index (κ2) is 5.95. The highest BCUT2D eigenvalue weighted by Gasteiger charge is 2.23. The Labute approximate surface area is 124 Å². The molecule has 2 heterocycles. The molecular weight excluding hydrogens is 278 g/mol. The molecule has 0 fully saturated rings. The van der Waals surface area contributed by atoms with Crippen molar-refractivity contribution in [3.8, 4) is 5.75 Å². The van der Waals surface area contributed by atoms with E-state index in [4.69, 9.17) is 4.74 Å². The lowest BCUT2D eigenvalue weighted by Crippen LogP contribution is -2.30. The van der Waals surface area contributed by atoms with Gasteiger partial charge in [-0.05, 0) is 53.6 Å². The van der Waals surface area contributed by atoms with Crippen LogP contribution < -0.4 is 10.1 Å². The van der Waals surface area contributed by atoms with Gasteiger partial charge in [-0.15, -0.1) is 23.7 Å². The fourth-order valence-corrected chi connectivity index (χ4v) is 3.37. The number of hydrogen-bond donors (Lipinski definition) is 1. The van der Waals surface area contributed by atoms with Gasteiger partial charge in [0.05, 0.1) is 13.2 Å². The third-order valence-electron chi connectivity index (χ3n) is 3.62. The van der Waals surface area contributed by atoms with Crippen molar-refractivity contribution in [1.29, 1.82) is 0 Å². The van der Waals surface area contributed by atoms with Crippen LogP contribution in [-0.4, -0.2) is 13.7 Å². The number of thiophene rings is 1. The van der Waals surface area contributed by atoms with Gasteiger partial charge in [0.25, 0.3) is 0 Å². The molecule has 1 atom stereocenters. The Kier molecular flexibility index (Phi) is 4.50. The van der Waals surface area contributed by atoms with Crippen LogP contribution in [0.15, 0.2) is 29.6 Å². The molecule has 0 radical (unpaired) electrons. The van der Waals surface area contributed by atoms with E-state index in [1.807, 2.05) is 11.3 Å². The number of ether oxygens (including phenoxy) is 1. The normalized spacial score (nSPS) is 17.5. The summed E-state index contributed by atoms with van der Waals surface area (Å²) in [5.74, 6) is 0.940. The fourth-order valence-electron chi connectivity index (χ4n) is 2.63. The van der Waals surface area contributed by atoms with Gasteiger partial charge >= 0.3 is 0 Å². The van der Waals surface area contributed by atoms with Crippen molar-refractivity contribution in [3.05, 3.63) is 51.2 Å². The molecule has 0 bridgehead atoms. The van der Waals surface area contributed by atoms with Gasteiger partial charge in [0, 0.05) is 11.4 Å². The molecule has 0 saturated carbocycles. The van der Waals surface area contributed by atoms with E-state index in [1.54, 1.807) is 7.11 Å². The zero-order chi connectivity index (χ0) is 12.5. The maximum Gasteiger partial charge on any atom is 0.119 e. The lowest BCUT2D eigenvalue weighted by atomic mass is 9.90. The summed E-state index contributed by atoms with van der Waals surface area (Å²) in [6.07, 6.45) is 1.10. The average molecular weight is 296 g/mol. The van der Waals surface area contributed by atoms with Gasteiger partial charge in [-0.3, -0.25) is 0 Å². The molecule has 1 aromatic heterocycles. The second-order valence-corrected chi connectivity index (χ2v) is 5.75. The lowest BCUT2D eigenvalue weighted by Gasteiger charge is -2.27. The molecule has 4 heteroatoms. The van der Waals surface area contributed by atoms with Gasteiger partial charge < -0.3 is 10.1 Å². The van der Waals surface area contributed by atoms with Crippen LogP contribution in [0.2, 0.25) is 0 Å². The van der Waals surface area contributed by atoms with E-state index in [0.29, 0.717) is 6.04 Å². The van der Waals surface area contributed by atoms with Gasteiger partial charge in [0.2, 0.25) is 0 Å². The molecule has 0 amide bonds. The third kappa shape index (κ3) is 2.64. The van der Waals surface area contributed by atoms with Crippen LogP contribution in [-0.2, 0) is 6.42 Å². The Balaban J connectivity index is 0.00000133. The predicted octanol–water partition coefficient (Wildman–Crippen LogP) is 3.72. The second-order valence-electron chi connectivity index (χ2n) is 4.63. The molecule has 1 N–H and O–H groups in total. The topological polar surface area (TPSA) is 21.3 Å². The maximum atomic E-state index is 5.35. The average Bonchev–Trinajstić information content (AvgIpc) is 2.83. The summed E-state index contributed by atoms with van der Waals surface area (Å²) in [5.41, 5.74) is 4.20. The Morgan fingerprint density at radius 3 is 2.79 bits per heavy atom. The van der Waals surface area contributed by atoms with E-state index >= 15 is 0 Å². The highest BCUT2D eigenvalue weighted by Crippen LogP contribution is 2.34. The molecule has 2 aromatic rings. The summed E-state index contributed by atoms with van der Waals surface area (Å²) < 4.78 is 5.35. The van der Waals surface area contributed by atoms with E-state index in [1.165, 1.54) is 21.6 Å². The van der Waals surface area contributed by atoms with Crippen molar-refractivity contribution in [3.63, 3.8) is 0 Å². The lowest BCUT2D eigenvalue weighted by molar-refractivity contribution is 0.412. The van der Waals surface area contributed by atoms with E-state index < -0.39 is 0 Å². The van der Waals surface area contributed by atoms with Gasteiger partial charge in [-0.1, -0.05) is 6.07 Å². The van der Waals surface area contributed by atoms with Crippen molar-refractivity contribution < 1.29 is 4.74 Å². The molecule has 1 aliphatic rings. The van der Waals surface area contributed by atoms with Gasteiger partial charge in [0.1, 0.15) is 5.75 Å². The minimum absolute atomic E-state index is 0. The van der Waals surface area contributed by atoms with Crippen LogP contribution in [0.4, 0.5) is 0 Å². The smallest absolute Gasteiger partial charge is 0.119 e. The van der Waals surface area contributed by atoms with Crippen LogP contribution in [0, 0.1) is 6.92 Å². The predicted molar refractivity (Wildman–Crippen MR) is 82.8 cm³/mol. The standard InChI is InChI=1S/C15H17NOS.ClH/c1-10-13(6-8-18-10)15-14-9-12(17-2)4-3-11(14)5-7-16-15;/h3-4,6,8-9,15-16H,5,7H2,1-2H3;1H/t15-;/m0./s1. The molecule has 3 rings (SSSR count). The Hall–Kier alpha value is -1.03. The van der Waals surface area contributed by atoms with Crippen LogP contribution in [0.25, 0.3) is 0 Å². The van der Waals surface area contributed by atoms with E-state index in [2.05, 4.69) is 41.9 Å². The Morgan fingerprint density at radius 1 is 1.26 bits per heavy atom. The number of benzene rings is 1. The first-order chi connectivity index (χ1) is 8.79. The summed E-state index contributed by atoms with van der Waals surface area (Å²) in [4.78, 5) is 1.39. The van der Waals surface area contributed by atoms with E-state index in [0.717, 1.165) is 18.7 Å². The van der Waals surface area contributed by atoms with Crippen LogP contribution >= 0.6 is 23.7 Å². The molecule has 0 saturated heterocycles. The highest BCUT2D eigenvalue weighted by atomic mass is 35.5. The molecule has 19 heavy (non-hydrogen) atoms. The monoisotopic (exact) mass is 295 g/mol. The van der Waals surface area contributed by atoms with Gasteiger partial charge in [0.15, 0.2) is 0 Å². The summed E-state index contributed by atoms with van der Waals surface area (Å²) in [6, 6.07) is 8.97. The van der Waals surface area contributed by atoms with Crippen molar-refractivity contribution >= 4 is 23.7 Å². The molecule has 2 nitrogen and oxygen atoms in total. The molecule has 102 valence electrons. The number of nitrogens with one attached hydrogen (secondary N) is 1.